The third-order valence-corrected chi connectivity index (χ3v) is 6.48. The summed E-state index contributed by atoms with van der Waals surface area (Å²) < 4.78 is 14.5. The molecule has 0 spiro atoms. The van der Waals surface area contributed by atoms with Crippen LogP contribution in [0, 0.1) is 12.7 Å². The van der Waals surface area contributed by atoms with E-state index in [1.165, 1.54) is 35.1 Å². The number of aryl methyl sites for hydroxylation is 4. The van der Waals surface area contributed by atoms with Crippen molar-refractivity contribution in [1.29, 1.82) is 0 Å². The number of rotatable bonds is 8. The number of carbonyl (C=O) groups excluding carboxylic acids is 1. The molecular formula is C25H30FN3O3. The second-order valence-electron chi connectivity index (χ2n) is 8.82. The number of hydrogen-bond acceptors (Lipinski definition) is 3. The van der Waals surface area contributed by atoms with Gasteiger partial charge in [0.05, 0.1) is 12.5 Å². The van der Waals surface area contributed by atoms with Crippen molar-refractivity contribution in [3.63, 3.8) is 0 Å². The highest BCUT2D eigenvalue weighted by Gasteiger charge is 2.36. The molecule has 1 atom stereocenters. The Balaban J connectivity index is 1.39. The number of fused-ring (bicyclic) bond motifs is 1. The van der Waals surface area contributed by atoms with Gasteiger partial charge in [-0.3, -0.25) is 9.78 Å². The molecule has 1 saturated heterocycles. The molecule has 170 valence electrons. The fourth-order valence-corrected chi connectivity index (χ4v) is 4.79. The Morgan fingerprint density at radius 2 is 2.00 bits per heavy atom. The summed E-state index contributed by atoms with van der Waals surface area (Å²) in [6.07, 6.45) is 5.84. The number of amides is 2. The number of carboxylic acids is 1. The molecule has 0 radical (unpaired) electrons. The van der Waals surface area contributed by atoms with Gasteiger partial charge in [-0.15, -0.1) is 0 Å². The number of carbonyl (C=O) groups is 2. The van der Waals surface area contributed by atoms with Crippen molar-refractivity contribution in [3.05, 3.63) is 64.2 Å². The van der Waals surface area contributed by atoms with E-state index in [-0.39, 0.29) is 18.0 Å². The topological polar surface area (TPSA) is 73.7 Å². The van der Waals surface area contributed by atoms with Crippen LogP contribution in [-0.4, -0.2) is 51.5 Å². The van der Waals surface area contributed by atoms with Gasteiger partial charge in [-0.25, -0.2) is 9.18 Å². The maximum Gasteiger partial charge on any atom is 0.320 e. The van der Waals surface area contributed by atoms with E-state index in [2.05, 4.69) is 12.1 Å². The molecule has 1 unspecified atom stereocenters. The Labute approximate surface area is 188 Å². The van der Waals surface area contributed by atoms with E-state index in [4.69, 9.17) is 4.98 Å². The summed E-state index contributed by atoms with van der Waals surface area (Å²) in [6, 6.07) is 7.86. The Hall–Kier alpha value is -2.96. The number of nitrogens with zero attached hydrogens (tertiary/aromatic N) is 3. The molecule has 0 saturated carbocycles. The van der Waals surface area contributed by atoms with Gasteiger partial charge in [0, 0.05) is 36.6 Å². The van der Waals surface area contributed by atoms with E-state index in [0.29, 0.717) is 19.6 Å². The van der Waals surface area contributed by atoms with Crippen LogP contribution in [-0.2, 0) is 24.1 Å². The summed E-state index contributed by atoms with van der Waals surface area (Å²) >= 11 is 0. The number of carboxylic acid groups (broad SMARTS) is 1. The molecule has 2 amide bonds. The summed E-state index contributed by atoms with van der Waals surface area (Å²) in [7, 11) is 0. The molecule has 1 aromatic heterocycles. The molecule has 1 fully saturated rings. The number of urea groups is 1. The first kappa shape index (κ1) is 22.2. The summed E-state index contributed by atoms with van der Waals surface area (Å²) in [5.41, 5.74) is 4.73. The molecule has 1 N–H and O–H groups in total. The predicted octanol–water partition coefficient (Wildman–Crippen LogP) is 4.29. The zero-order chi connectivity index (χ0) is 22.7. The minimum atomic E-state index is -1.05. The normalized spacial score (nSPS) is 16.9. The lowest BCUT2D eigenvalue weighted by Gasteiger charge is -2.28. The number of aliphatic carboxylic acids is 1. The molecule has 6 nitrogen and oxygen atoms in total. The number of aromatic nitrogens is 1. The van der Waals surface area contributed by atoms with E-state index < -0.39 is 17.8 Å². The molecule has 1 aliphatic heterocycles. The molecule has 7 heteroatoms. The minimum Gasteiger partial charge on any atom is -0.481 e. The van der Waals surface area contributed by atoms with Crippen LogP contribution in [0.5, 0.6) is 0 Å². The number of hydrogen-bond donors (Lipinski definition) is 1. The first-order chi connectivity index (χ1) is 15.4. The van der Waals surface area contributed by atoms with Crippen molar-refractivity contribution >= 4 is 12.0 Å². The van der Waals surface area contributed by atoms with Gasteiger partial charge >= 0.3 is 12.0 Å². The first-order valence-corrected chi connectivity index (χ1v) is 11.4. The Kier molecular flexibility index (Phi) is 6.72. The Bertz CT molecular complexity index is 1010. The van der Waals surface area contributed by atoms with E-state index in [1.807, 2.05) is 6.92 Å². The molecule has 4 rings (SSSR count). The number of pyridine rings is 1. The molecule has 1 aromatic carbocycles. The van der Waals surface area contributed by atoms with Crippen molar-refractivity contribution in [2.24, 2.45) is 0 Å². The fourth-order valence-electron chi connectivity index (χ4n) is 4.79. The van der Waals surface area contributed by atoms with Gasteiger partial charge in [0.1, 0.15) is 5.82 Å². The average molecular weight is 440 g/mol. The van der Waals surface area contributed by atoms with Crippen LogP contribution in [0.2, 0.25) is 0 Å². The van der Waals surface area contributed by atoms with Crippen LogP contribution in [0.15, 0.2) is 30.3 Å². The van der Waals surface area contributed by atoms with Crippen LogP contribution in [0.4, 0.5) is 9.18 Å². The van der Waals surface area contributed by atoms with Crippen molar-refractivity contribution < 1.29 is 19.1 Å². The molecule has 0 bridgehead atoms. The molecular weight excluding hydrogens is 409 g/mol. The van der Waals surface area contributed by atoms with Crippen molar-refractivity contribution in [1.82, 2.24) is 14.8 Å². The van der Waals surface area contributed by atoms with E-state index in [9.17, 15) is 19.1 Å². The lowest BCUT2D eigenvalue weighted by molar-refractivity contribution is -0.138. The highest BCUT2D eigenvalue weighted by Crippen LogP contribution is 2.31. The van der Waals surface area contributed by atoms with Crippen LogP contribution in [0.1, 0.15) is 59.8 Å². The average Bonchev–Trinajstić information content (AvgIpc) is 3.14. The fraction of sp³-hybridized carbons (Fsp3) is 0.480. The smallest absolute Gasteiger partial charge is 0.320 e. The summed E-state index contributed by atoms with van der Waals surface area (Å²) in [4.78, 5) is 32.6. The molecule has 1 aliphatic carbocycles. The molecule has 2 heterocycles. The van der Waals surface area contributed by atoms with E-state index in [1.54, 1.807) is 17.0 Å². The largest absolute Gasteiger partial charge is 0.481 e. The van der Waals surface area contributed by atoms with E-state index in [0.717, 1.165) is 36.9 Å². The monoisotopic (exact) mass is 439 g/mol. The lowest BCUT2D eigenvalue weighted by Crippen LogP contribution is -2.36. The van der Waals surface area contributed by atoms with Crippen molar-refractivity contribution in [3.8, 4) is 0 Å². The quantitative estimate of drug-likeness (QED) is 0.666. The standard InChI is InChI=1S/C25H30FN3O3/c1-17-8-11-21(26)20(15-17)23(16-24(30)31)29-14-13-28(25(29)32)12-4-6-19-10-9-18-5-2-3-7-22(18)27-19/h8-11,15,23H,2-7,12-14,16H2,1H3,(H,30,31). The summed E-state index contributed by atoms with van der Waals surface area (Å²) in [5, 5.41) is 9.39. The van der Waals surface area contributed by atoms with Crippen LogP contribution in [0.3, 0.4) is 0 Å². The SMILES string of the molecule is Cc1ccc(F)c(C(CC(=O)O)N2CCN(CCCc3ccc4c(n3)CCCC4)C2=O)c1. The van der Waals surface area contributed by atoms with E-state index >= 15 is 0 Å². The highest BCUT2D eigenvalue weighted by molar-refractivity contribution is 5.78. The zero-order valence-corrected chi connectivity index (χ0v) is 18.5. The predicted molar refractivity (Wildman–Crippen MR) is 119 cm³/mol. The molecule has 32 heavy (non-hydrogen) atoms. The van der Waals surface area contributed by atoms with Gasteiger partial charge in [0.25, 0.3) is 0 Å². The minimum absolute atomic E-state index is 0.226. The first-order valence-electron chi connectivity index (χ1n) is 11.4. The number of benzene rings is 1. The van der Waals surface area contributed by atoms with Gasteiger partial charge in [-0.2, -0.15) is 0 Å². The second kappa shape index (κ2) is 9.67. The zero-order valence-electron chi connectivity index (χ0n) is 18.5. The third kappa shape index (κ3) is 4.92. The van der Waals surface area contributed by atoms with Crippen LogP contribution < -0.4 is 0 Å². The maximum atomic E-state index is 14.5. The summed E-state index contributed by atoms with van der Waals surface area (Å²) in [5.74, 6) is -1.53. The highest BCUT2D eigenvalue weighted by atomic mass is 19.1. The van der Waals surface area contributed by atoms with Gasteiger partial charge in [0.15, 0.2) is 0 Å². The van der Waals surface area contributed by atoms with Crippen LogP contribution in [0.25, 0.3) is 0 Å². The Morgan fingerprint density at radius 3 is 2.81 bits per heavy atom. The summed E-state index contributed by atoms with van der Waals surface area (Å²) in [6.45, 7) is 3.30. The van der Waals surface area contributed by atoms with Gasteiger partial charge in [0.2, 0.25) is 0 Å². The van der Waals surface area contributed by atoms with Gasteiger partial charge in [-0.05, 0) is 63.1 Å². The van der Waals surface area contributed by atoms with Crippen molar-refractivity contribution in [2.45, 2.75) is 57.9 Å². The third-order valence-electron chi connectivity index (χ3n) is 6.48. The Morgan fingerprint density at radius 1 is 1.19 bits per heavy atom. The lowest BCUT2D eigenvalue weighted by atomic mass is 9.95. The van der Waals surface area contributed by atoms with Gasteiger partial charge < -0.3 is 14.9 Å². The maximum absolute atomic E-state index is 14.5. The molecule has 2 aliphatic rings. The number of halogens is 1. The second-order valence-corrected chi connectivity index (χ2v) is 8.82. The molecule has 2 aromatic rings. The van der Waals surface area contributed by atoms with Crippen molar-refractivity contribution in [2.75, 3.05) is 19.6 Å². The van der Waals surface area contributed by atoms with Gasteiger partial charge in [-0.1, -0.05) is 23.8 Å². The van der Waals surface area contributed by atoms with Crippen LogP contribution >= 0.6 is 0 Å².